The molecule has 1 rings (SSSR count). The SMILES string of the molecule is O=Cc1cc(OP(=O)(OCF)OCF)ccc1O. The van der Waals surface area contributed by atoms with Crippen LogP contribution < -0.4 is 4.52 Å². The van der Waals surface area contributed by atoms with Gasteiger partial charge in [-0.25, -0.2) is 22.4 Å². The summed E-state index contributed by atoms with van der Waals surface area (Å²) in [6, 6.07) is 3.21. The number of aromatic hydroxyl groups is 1. The van der Waals surface area contributed by atoms with Crippen LogP contribution in [0.5, 0.6) is 11.5 Å². The maximum absolute atomic E-state index is 12.0. The van der Waals surface area contributed by atoms with Crippen molar-refractivity contribution in [3.63, 3.8) is 0 Å². The maximum Gasteiger partial charge on any atom is 0.534 e. The first-order valence-electron chi connectivity index (χ1n) is 4.53. The van der Waals surface area contributed by atoms with Crippen LogP contribution in [0.1, 0.15) is 10.4 Å². The van der Waals surface area contributed by atoms with Crippen LogP contribution in [-0.2, 0) is 13.6 Å². The first-order valence-corrected chi connectivity index (χ1v) is 5.99. The number of hydrogen-bond acceptors (Lipinski definition) is 6. The number of benzene rings is 1. The molecule has 0 unspecified atom stereocenters. The quantitative estimate of drug-likeness (QED) is 0.611. The van der Waals surface area contributed by atoms with Gasteiger partial charge in [-0.3, -0.25) is 4.79 Å². The molecule has 0 aromatic heterocycles. The van der Waals surface area contributed by atoms with Gasteiger partial charge in [0, 0.05) is 0 Å². The van der Waals surface area contributed by atoms with Crippen molar-refractivity contribution in [2.45, 2.75) is 0 Å². The lowest BCUT2D eigenvalue weighted by molar-refractivity contribution is 0.0807. The van der Waals surface area contributed by atoms with Crippen molar-refractivity contribution in [1.29, 1.82) is 0 Å². The molecular weight excluding hydrogens is 273 g/mol. The van der Waals surface area contributed by atoms with E-state index in [1.165, 1.54) is 0 Å². The van der Waals surface area contributed by atoms with E-state index in [1.807, 2.05) is 0 Å². The van der Waals surface area contributed by atoms with E-state index in [9.17, 15) is 23.2 Å². The molecule has 1 aromatic carbocycles. The summed E-state index contributed by atoms with van der Waals surface area (Å²) < 4.78 is 48.2. The molecule has 0 radical (unpaired) electrons. The molecule has 18 heavy (non-hydrogen) atoms. The van der Waals surface area contributed by atoms with E-state index in [-0.39, 0.29) is 17.1 Å². The third kappa shape index (κ3) is 3.76. The average Bonchev–Trinajstić information content (AvgIpc) is 2.32. The van der Waals surface area contributed by atoms with Gasteiger partial charge in [0.05, 0.1) is 5.56 Å². The molecule has 0 aliphatic carbocycles. The van der Waals surface area contributed by atoms with E-state index in [0.29, 0.717) is 6.29 Å². The summed E-state index contributed by atoms with van der Waals surface area (Å²) in [7, 11) is -4.43. The molecule has 1 N–H and O–H groups in total. The topological polar surface area (TPSA) is 82.1 Å². The van der Waals surface area contributed by atoms with Crippen molar-refractivity contribution in [1.82, 2.24) is 0 Å². The van der Waals surface area contributed by atoms with Crippen molar-refractivity contribution in [2.75, 3.05) is 13.7 Å². The number of halogens is 2. The number of phosphoric acid groups is 1. The smallest absolute Gasteiger partial charge is 0.507 e. The summed E-state index contributed by atoms with van der Waals surface area (Å²) in [6.45, 7) is -3.01. The van der Waals surface area contributed by atoms with Crippen LogP contribution in [-0.4, -0.2) is 25.1 Å². The van der Waals surface area contributed by atoms with Gasteiger partial charge in [0.1, 0.15) is 11.5 Å². The summed E-state index contributed by atoms with van der Waals surface area (Å²) in [5.74, 6) is -0.537. The fourth-order valence-electron chi connectivity index (χ4n) is 1.02. The molecular formula is C9H9F2O6P. The molecule has 1 aromatic rings. The van der Waals surface area contributed by atoms with E-state index >= 15 is 0 Å². The van der Waals surface area contributed by atoms with Crippen LogP contribution in [0.15, 0.2) is 18.2 Å². The molecule has 100 valence electrons. The lowest BCUT2D eigenvalue weighted by atomic mass is 10.2. The molecule has 0 heterocycles. The van der Waals surface area contributed by atoms with Crippen LogP contribution in [0.3, 0.4) is 0 Å². The Kier molecular flexibility index (Phi) is 5.21. The second-order valence-electron chi connectivity index (χ2n) is 2.85. The Labute approximate surface area is 101 Å². The number of phenols is 1. The van der Waals surface area contributed by atoms with Gasteiger partial charge in [0.25, 0.3) is 0 Å². The van der Waals surface area contributed by atoms with Gasteiger partial charge in [0.2, 0.25) is 13.7 Å². The standard InChI is InChI=1S/C9H9F2O6P/c10-5-15-18(14,16-6-11)17-8-1-2-9(13)7(3-8)4-12/h1-4,13H,5-6H2. The minimum atomic E-state index is -4.43. The van der Waals surface area contributed by atoms with Gasteiger partial charge in [-0.1, -0.05) is 0 Å². The van der Waals surface area contributed by atoms with Crippen LogP contribution in [0.25, 0.3) is 0 Å². The highest BCUT2D eigenvalue weighted by molar-refractivity contribution is 7.48. The molecule has 0 atom stereocenters. The summed E-state index contributed by atoms with van der Waals surface area (Å²) >= 11 is 0. The van der Waals surface area contributed by atoms with Crippen LogP contribution >= 0.6 is 7.82 Å². The van der Waals surface area contributed by atoms with Crippen molar-refractivity contribution >= 4 is 14.1 Å². The molecule has 0 saturated heterocycles. The van der Waals surface area contributed by atoms with Crippen molar-refractivity contribution in [3.05, 3.63) is 23.8 Å². The highest BCUT2D eigenvalue weighted by atomic mass is 31.2. The highest BCUT2D eigenvalue weighted by Gasteiger charge is 2.29. The molecule has 0 saturated carbocycles. The zero-order valence-electron chi connectivity index (χ0n) is 8.92. The summed E-state index contributed by atoms with van der Waals surface area (Å²) in [5.41, 5.74) is -0.153. The van der Waals surface area contributed by atoms with Gasteiger partial charge in [-0.2, -0.15) is 0 Å². The van der Waals surface area contributed by atoms with Gasteiger partial charge >= 0.3 is 7.82 Å². The number of carbonyl (C=O) groups excluding carboxylic acids is 1. The second-order valence-corrected chi connectivity index (χ2v) is 4.45. The Morgan fingerprint density at radius 1 is 1.28 bits per heavy atom. The van der Waals surface area contributed by atoms with E-state index in [0.717, 1.165) is 18.2 Å². The first kappa shape index (κ1) is 14.6. The predicted octanol–water partition coefficient (Wildman–Crippen LogP) is 2.58. The third-order valence-electron chi connectivity index (χ3n) is 1.76. The van der Waals surface area contributed by atoms with Crippen LogP contribution in [0.2, 0.25) is 0 Å². The monoisotopic (exact) mass is 282 g/mol. The molecule has 0 fully saturated rings. The van der Waals surface area contributed by atoms with Gasteiger partial charge in [0.15, 0.2) is 6.29 Å². The fraction of sp³-hybridized carbons (Fsp3) is 0.222. The largest absolute Gasteiger partial charge is 0.534 e. The molecule has 0 aliphatic rings. The van der Waals surface area contributed by atoms with Gasteiger partial charge in [-0.05, 0) is 18.2 Å². The number of carbonyl (C=O) groups is 1. The number of alkyl halides is 2. The minimum absolute atomic E-state index is 0.153. The van der Waals surface area contributed by atoms with Gasteiger partial charge < -0.3 is 9.63 Å². The minimum Gasteiger partial charge on any atom is -0.507 e. The summed E-state index contributed by atoms with van der Waals surface area (Å²) in [4.78, 5) is 10.5. The first-order chi connectivity index (χ1) is 8.54. The van der Waals surface area contributed by atoms with Crippen molar-refractivity contribution in [2.24, 2.45) is 0 Å². The Hall–Kier alpha value is -1.50. The van der Waals surface area contributed by atoms with E-state index in [1.54, 1.807) is 0 Å². The predicted molar refractivity (Wildman–Crippen MR) is 55.8 cm³/mol. The fourth-order valence-corrected chi connectivity index (χ4v) is 1.81. The Bertz CT molecular complexity index is 456. The lowest BCUT2D eigenvalue weighted by Crippen LogP contribution is -2.01. The molecule has 0 spiro atoms. The molecule has 6 nitrogen and oxygen atoms in total. The van der Waals surface area contributed by atoms with Crippen molar-refractivity contribution < 1.29 is 36.8 Å². The lowest BCUT2D eigenvalue weighted by Gasteiger charge is -2.15. The number of phosphoric ester groups is 1. The summed E-state index contributed by atoms with van der Waals surface area (Å²) in [5, 5.41) is 9.20. The van der Waals surface area contributed by atoms with Crippen molar-refractivity contribution in [3.8, 4) is 11.5 Å². The Morgan fingerprint density at radius 3 is 2.39 bits per heavy atom. The molecule has 0 aliphatic heterocycles. The number of hydrogen-bond donors (Lipinski definition) is 1. The van der Waals surface area contributed by atoms with E-state index in [2.05, 4.69) is 13.6 Å². The Balaban J connectivity index is 2.93. The second kappa shape index (κ2) is 6.44. The third-order valence-corrected chi connectivity index (χ3v) is 3.02. The number of rotatable bonds is 7. The zero-order chi connectivity index (χ0) is 13.6. The highest BCUT2D eigenvalue weighted by Crippen LogP contribution is 2.49. The van der Waals surface area contributed by atoms with Gasteiger partial charge in [-0.15, -0.1) is 0 Å². The number of phenolic OH excluding ortho intramolecular Hbond substituents is 1. The maximum atomic E-state index is 12.0. The average molecular weight is 282 g/mol. The molecule has 0 amide bonds. The van der Waals surface area contributed by atoms with Crippen LogP contribution in [0.4, 0.5) is 8.78 Å². The van der Waals surface area contributed by atoms with E-state index in [4.69, 9.17) is 0 Å². The number of aldehydes is 1. The molecule has 0 bridgehead atoms. The normalized spacial score (nSPS) is 11.2. The van der Waals surface area contributed by atoms with E-state index < -0.39 is 21.5 Å². The summed E-state index contributed by atoms with van der Waals surface area (Å²) in [6.07, 6.45) is 0.319. The molecule has 9 heteroatoms. The zero-order valence-corrected chi connectivity index (χ0v) is 9.81. The Morgan fingerprint density at radius 2 is 1.89 bits per heavy atom. The van der Waals surface area contributed by atoms with Crippen LogP contribution in [0, 0.1) is 0 Å².